The third-order valence-electron chi connectivity index (χ3n) is 1.77. The Morgan fingerprint density at radius 3 is 2.75 bits per heavy atom. The van der Waals surface area contributed by atoms with E-state index in [4.69, 9.17) is 10.8 Å². The Morgan fingerprint density at radius 1 is 1.67 bits per heavy atom. The van der Waals surface area contributed by atoms with Crippen LogP contribution in [0.4, 0.5) is 0 Å². The molecule has 0 heterocycles. The standard InChI is InChI=1S/C8H18N2O2/c1-2-7(4-6-11)10-5-3-8(9)12/h7,10-11H,2-6H2,1H3,(H2,9,12). The van der Waals surface area contributed by atoms with Gasteiger partial charge in [-0.25, -0.2) is 0 Å². The summed E-state index contributed by atoms with van der Waals surface area (Å²) in [6.45, 7) is 2.83. The van der Waals surface area contributed by atoms with Gasteiger partial charge in [-0.3, -0.25) is 4.79 Å². The molecule has 4 N–H and O–H groups in total. The fourth-order valence-corrected chi connectivity index (χ4v) is 1.01. The first-order chi connectivity index (χ1) is 5.70. The second-order valence-corrected chi connectivity index (χ2v) is 2.79. The van der Waals surface area contributed by atoms with Crippen LogP contribution in [-0.4, -0.2) is 30.2 Å². The normalized spacial score (nSPS) is 12.8. The minimum absolute atomic E-state index is 0.183. The number of carbonyl (C=O) groups excluding carboxylic acids is 1. The Hall–Kier alpha value is -0.610. The molecule has 0 aliphatic carbocycles. The fraction of sp³-hybridized carbons (Fsp3) is 0.875. The first-order valence-electron chi connectivity index (χ1n) is 4.33. The minimum Gasteiger partial charge on any atom is -0.396 e. The van der Waals surface area contributed by atoms with Crippen molar-refractivity contribution in [3.8, 4) is 0 Å². The molecule has 1 unspecified atom stereocenters. The average Bonchev–Trinajstić information content (AvgIpc) is 2.02. The molecule has 0 aromatic carbocycles. The molecule has 12 heavy (non-hydrogen) atoms. The van der Waals surface area contributed by atoms with Gasteiger partial charge in [-0.2, -0.15) is 0 Å². The van der Waals surface area contributed by atoms with Gasteiger partial charge in [-0.1, -0.05) is 6.92 Å². The summed E-state index contributed by atoms with van der Waals surface area (Å²) in [6.07, 6.45) is 2.05. The van der Waals surface area contributed by atoms with Gasteiger partial charge >= 0.3 is 0 Å². The molecule has 72 valence electrons. The predicted octanol–water partition coefficient (Wildman–Crippen LogP) is -0.388. The highest BCUT2D eigenvalue weighted by molar-refractivity contribution is 5.73. The maximum Gasteiger partial charge on any atom is 0.218 e. The van der Waals surface area contributed by atoms with Crippen LogP contribution in [0.25, 0.3) is 0 Å². The van der Waals surface area contributed by atoms with Crippen LogP contribution in [0.2, 0.25) is 0 Å². The second kappa shape index (κ2) is 7.06. The van der Waals surface area contributed by atoms with Gasteiger partial charge in [0.2, 0.25) is 5.91 Å². The molecule has 4 heteroatoms. The Morgan fingerprint density at radius 2 is 2.33 bits per heavy atom. The van der Waals surface area contributed by atoms with Crippen LogP contribution in [-0.2, 0) is 4.79 Å². The Balaban J connectivity index is 3.37. The summed E-state index contributed by atoms with van der Waals surface area (Å²) in [5.74, 6) is -0.290. The molecule has 1 amide bonds. The summed E-state index contributed by atoms with van der Waals surface area (Å²) in [5.41, 5.74) is 4.97. The van der Waals surface area contributed by atoms with Crippen LogP contribution in [0.1, 0.15) is 26.2 Å². The van der Waals surface area contributed by atoms with Gasteiger partial charge in [0.15, 0.2) is 0 Å². The van der Waals surface area contributed by atoms with Crippen LogP contribution < -0.4 is 11.1 Å². The smallest absolute Gasteiger partial charge is 0.218 e. The molecule has 0 radical (unpaired) electrons. The summed E-state index contributed by atoms with van der Waals surface area (Å²) in [6, 6.07) is 0.300. The molecule has 0 bridgehead atoms. The number of amides is 1. The maximum absolute atomic E-state index is 10.4. The number of nitrogens with one attached hydrogen (secondary N) is 1. The number of primary amides is 1. The van der Waals surface area contributed by atoms with Crippen molar-refractivity contribution >= 4 is 5.91 Å². The van der Waals surface area contributed by atoms with Crippen molar-refractivity contribution in [1.82, 2.24) is 5.32 Å². The van der Waals surface area contributed by atoms with Gasteiger partial charge in [-0.15, -0.1) is 0 Å². The minimum atomic E-state index is -0.290. The van der Waals surface area contributed by atoms with Crippen molar-refractivity contribution in [3.05, 3.63) is 0 Å². The third-order valence-corrected chi connectivity index (χ3v) is 1.77. The van der Waals surface area contributed by atoms with Crippen LogP contribution in [0, 0.1) is 0 Å². The zero-order valence-electron chi connectivity index (χ0n) is 7.55. The van der Waals surface area contributed by atoms with E-state index in [-0.39, 0.29) is 12.5 Å². The van der Waals surface area contributed by atoms with Gasteiger partial charge in [0.05, 0.1) is 0 Å². The van der Waals surface area contributed by atoms with Crippen LogP contribution in [0.5, 0.6) is 0 Å². The highest BCUT2D eigenvalue weighted by Crippen LogP contribution is 1.95. The van der Waals surface area contributed by atoms with E-state index in [1.165, 1.54) is 0 Å². The molecule has 0 saturated heterocycles. The van der Waals surface area contributed by atoms with Gasteiger partial charge in [0.1, 0.15) is 0 Å². The monoisotopic (exact) mass is 174 g/mol. The van der Waals surface area contributed by atoms with Crippen LogP contribution >= 0.6 is 0 Å². The lowest BCUT2D eigenvalue weighted by Crippen LogP contribution is -2.32. The quantitative estimate of drug-likeness (QED) is 0.492. The van der Waals surface area contributed by atoms with E-state index in [2.05, 4.69) is 5.32 Å². The van der Waals surface area contributed by atoms with Gasteiger partial charge in [0.25, 0.3) is 0 Å². The zero-order chi connectivity index (χ0) is 9.40. The molecule has 0 fully saturated rings. The molecule has 0 aromatic heterocycles. The molecule has 0 spiro atoms. The summed E-state index contributed by atoms with van der Waals surface area (Å²) in [5, 5.41) is 11.8. The van der Waals surface area contributed by atoms with Crippen LogP contribution in [0.15, 0.2) is 0 Å². The van der Waals surface area contributed by atoms with Crippen molar-refractivity contribution in [3.63, 3.8) is 0 Å². The number of nitrogens with two attached hydrogens (primary N) is 1. The van der Waals surface area contributed by atoms with Gasteiger partial charge in [0, 0.05) is 25.6 Å². The SMILES string of the molecule is CCC(CCO)NCCC(N)=O. The van der Waals surface area contributed by atoms with Crippen molar-refractivity contribution in [2.75, 3.05) is 13.2 Å². The van der Waals surface area contributed by atoms with Crippen molar-refractivity contribution < 1.29 is 9.90 Å². The molecule has 0 aliphatic rings. The number of aliphatic hydroxyl groups is 1. The summed E-state index contributed by atoms with van der Waals surface area (Å²) in [4.78, 5) is 10.4. The number of aliphatic hydroxyl groups excluding tert-OH is 1. The lowest BCUT2D eigenvalue weighted by molar-refractivity contribution is -0.117. The lowest BCUT2D eigenvalue weighted by atomic mass is 10.1. The number of rotatable bonds is 7. The van der Waals surface area contributed by atoms with Crippen molar-refractivity contribution in [2.45, 2.75) is 32.2 Å². The average molecular weight is 174 g/mol. The highest BCUT2D eigenvalue weighted by atomic mass is 16.3. The zero-order valence-corrected chi connectivity index (χ0v) is 7.55. The highest BCUT2D eigenvalue weighted by Gasteiger charge is 2.03. The van der Waals surface area contributed by atoms with E-state index in [1.54, 1.807) is 0 Å². The molecular weight excluding hydrogens is 156 g/mol. The van der Waals surface area contributed by atoms with Crippen LogP contribution in [0.3, 0.4) is 0 Å². The predicted molar refractivity (Wildman–Crippen MR) is 47.6 cm³/mol. The molecule has 0 saturated carbocycles. The topological polar surface area (TPSA) is 75.3 Å². The lowest BCUT2D eigenvalue weighted by Gasteiger charge is -2.14. The summed E-state index contributed by atoms with van der Waals surface area (Å²) >= 11 is 0. The van der Waals surface area contributed by atoms with E-state index >= 15 is 0 Å². The molecule has 0 aliphatic heterocycles. The van der Waals surface area contributed by atoms with E-state index < -0.39 is 0 Å². The van der Waals surface area contributed by atoms with Gasteiger partial charge < -0.3 is 16.2 Å². The Bertz CT molecular complexity index is 128. The number of carbonyl (C=O) groups is 1. The molecule has 4 nitrogen and oxygen atoms in total. The van der Waals surface area contributed by atoms with Gasteiger partial charge in [-0.05, 0) is 12.8 Å². The first-order valence-corrected chi connectivity index (χ1v) is 4.33. The van der Waals surface area contributed by atoms with E-state index in [0.717, 1.165) is 12.8 Å². The molecule has 0 rings (SSSR count). The molecule has 1 atom stereocenters. The number of hydrogen-bond acceptors (Lipinski definition) is 3. The van der Waals surface area contributed by atoms with E-state index in [1.807, 2.05) is 6.92 Å². The third kappa shape index (κ3) is 6.12. The van der Waals surface area contributed by atoms with E-state index in [9.17, 15) is 4.79 Å². The molecule has 0 aromatic rings. The van der Waals surface area contributed by atoms with E-state index in [0.29, 0.717) is 19.0 Å². The fourth-order valence-electron chi connectivity index (χ4n) is 1.01. The molecular formula is C8H18N2O2. The summed E-state index contributed by atoms with van der Waals surface area (Å²) < 4.78 is 0. The Labute approximate surface area is 73.1 Å². The summed E-state index contributed by atoms with van der Waals surface area (Å²) in [7, 11) is 0. The number of hydrogen-bond donors (Lipinski definition) is 3. The Kier molecular flexibility index (Phi) is 6.70. The van der Waals surface area contributed by atoms with Crippen molar-refractivity contribution in [2.24, 2.45) is 5.73 Å². The maximum atomic E-state index is 10.4. The largest absolute Gasteiger partial charge is 0.396 e. The van der Waals surface area contributed by atoms with Crippen molar-refractivity contribution in [1.29, 1.82) is 0 Å². The second-order valence-electron chi connectivity index (χ2n) is 2.79. The first kappa shape index (κ1) is 11.4.